The third-order valence-corrected chi connectivity index (χ3v) is 10.7. The Labute approximate surface area is 199 Å². The van der Waals surface area contributed by atoms with Gasteiger partial charge in [0.25, 0.3) is 0 Å². The van der Waals surface area contributed by atoms with Crippen LogP contribution in [0.3, 0.4) is 0 Å². The molecule has 1 aromatic rings. The Bertz CT molecular complexity index is 763. The van der Waals surface area contributed by atoms with Crippen molar-refractivity contribution in [3.05, 3.63) is 29.8 Å². The number of hydrogen-bond donors (Lipinski definition) is 2. The van der Waals surface area contributed by atoms with E-state index >= 15 is 0 Å². The van der Waals surface area contributed by atoms with Crippen LogP contribution in [0.1, 0.15) is 40.2 Å². The number of nitrogens with one attached hydrogen (secondary N) is 1. The summed E-state index contributed by atoms with van der Waals surface area (Å²) >= 11 is 0. The van der Waals surface area contributed by atoms with Crippen LogP contribution in [-0.2, 0) is 20.6 Å². The second-order valence-electron chi connectivity index (χ2n) is 10.1. The number of benzene rings is 1. The van der Waals surface area contributed by atoms with Crippen molar-refractivity contribution in [1.82, 2.24) is 10.2 Å². The van der Waals surface area contributed by atoms with E-state index in [-0.39, 0.29) is 23.5 Å². The lowest BCUT2D eigenvalue weighted by molar-refractivity contribution is -0.128. The largest absolute Gasteiger partial charge is 0.497 e. The van der Waals surface area contributed by atoms with Crippen molar-refractivity contribution < 1.29 is 28.6 Å². The molecule has 8 nitrogen and oxygen atoms in total. The molecule has 0 aliphatic heterocycles. The first-order chi connectivity index (χ1) is 15.2. The number of carboxylic acid groups (broad SMARTS) is 1. The van der Waals surface area contributed by atoms with Crippen molar-refractivity contribution in [3.8, 4) is 5.75 Å². The number of carbonyl (C=O) groups is 2. The van der Waals surface area contributed by atoms with Crippen LogP contribution in [-0.4, -0.2) is 69.8 Å². The molecular formula is C24H42N2O6Si. The Balaban J connectivity index is 2.72. The van der Waals surface area contributed by atoms with Crippen LogP contribution in [0.4, 0.5) is 4.79 Å². The number of ether oxygens (including phenoxy) is 2. The predicted octanol–water partition coefficient (Wildman–Crippen LogP) is 4.35. The summed E-state index contributed by atoms with van der Waals surface area (Å²) in [7, 11) is 0.897. The lowest BCUT2D eigenvalue weighted by Gasteiger charge is -2.41. The molecule has 2 N–H and O–H groups in total. The molecule has 0 fully saturated rings. The van der Waals surface area contributed by atoms with Crippen LogP contribution in [0.25, 0.3) is 0 Å². The van der Waals surface area contributed by atoms with Gasteiger partial charge in [0.2, 0.25) is 5.91 Å². The number of likely N-dealkylation sites (N-methyl/N-ethyl adjacent to an activating group) is 1. The van der Waals surface area contributed by atoms with Crippen LogP contribution >= 0.6 is 0 Å². The molecule has 0 saturated carbocycles. The van der Waals surface area contributed by atoms with Crippen molar-refractivity contribution in [2.24, 2.45) is 5.92 Å². The minimum absolute atomic E-state index is 0.0637. The number of nitrogens with zero attached hydrogens (tertiary/aromatic N) is 1. The molecule has 0 aromatic heterocycles. The highest BCUT2D eigenvalue weighted by molar-refractivity contribution is 6.74. The summed E-state index contributed by atoms with van der Waals surface area (Å²) in [6.07, 6.45) is -1.59. The minimum atomic E-state index is -2.22. The second-order valence-corrected chi connectivity index (χ2v) is 14.9. The van der Waals surface area contributed by atoms with Gasteiger partial charge in [0.05, 0.1) is 32.3 Å². The molecule has 0 bridgehead atoms. The molecule has 2 amide bonds. The van der Waals surface area contributed by atoms with Gasteiger partial charge >= 0.3 is 6.09 Å². The predicted molar refractivity (Wildman–Crippen MR) is 132 cm³/mol. The molecule has 0 heterocycles. The van der Waals surface area contributed by atoms with E-state index in [2.05, 4.69) is 39.2 Å². The SMILES string of the molecule is COc1ccc(COCC(C)NC(=O)C(C)C(CN(C)C(=O)O)O[Si](C)(C)C(C)(C)C)cc1. The van der Waals surface area contributed by atoms with Gasteiger partial charge in [-0.25, -0.2) is 4.79 Å². The van der Waals surface area contributed by atoms with Gasteiger partial charge in [-0.15, -0.1) is 0 Å². The van der Waals surface area contributed by atoms with Gasteiger partial charge in [-0.2, -0.15) is 0 Å². The zero-order valence-corrected chi connectivity index (χ0v) is 22.6. The van der Waals surface area contributed by atoms with Gasteiger partial charge in [0.1, 0.15) is 5.75 Å². The highest BCUT2D eigenvalue weighted by Gasteiger charge is 2.41. The smallest absolute Gasteiger partial charge is 0.407 e. The van der Waals surface area contributed by atoms with Gasteiger partial charge in [0, 0.05) is 19.6 Å². The molecular weight excluding hydrogens is 440 g/mol. The maximum Gasteiger partial charge on any atom is 0.407 e. The van der Waals surface area contributed by atoms with E-state index in [9.17, 15) is 14.7 Å². The molecule has 0 radical (unpaired) electrons. The van der Waals surface area contributed by atoms with E-state index in [0.29, 0.717) is 13.2 Å². The molecule has 0 aliphatic carbocycles. The van der Waals surface area contributed by atoms with Gasteiger partial charge in [-0.1, -0.05) is 39.8 Å². The quantitative estimate of drug-likeness (QED) is 0.430. The molecule has 3 unspecified atom stereocenters. The Morgan fingerprint density at radius 2 is 1.73 bits per heavy atom. The Morgan fingerprint density at radius 1 is 1.15 bits per heavy atom. The van der Waals surface area contributed by atoms with Gasteiger partial charge in [-0.3, -0.25) is 4.79 Å². The van der Waals surface area contributed by atoms with Crippen LogP contribution in [0.5, 0.6) is 5.75 Å². The van der Waals surface area contributed by atoms with Crippen LogP contribution in [0.2, 0.25) is 18.1 Å². The summed E-state index contributed by atoms with van der Waals surface area (Å²) < 4.78 is 17.4. The molecule has 1 rings (SSSR count). The summed E-state index contributed by atoms with van der Waals surface area (Å²) in [6, 6.07) is 7.42. The third-order valence-electron chi connectivity index (χ3n) is 6.19. The van der Waals surface area contributed by atoms with E-state index in [4.69, 9.17) is 13.9 Å². The Kier molecular flexibility index (Phi) is 10.9. The molecule has 33 heavy (non-hydrogen) atoms. The molecule has 3 atom stereocenters. The first-order valence-electron chi connectivity index (χ1n) is 11.3. The fourth-order valence-electron chi connectivity index (χ4n) is 2.86. The number of amides is 2. The van der Waals surface area contributed by atoms with Crippen molar-refractivity contribution in [2.45, 2.75) is 71.5 Å². The van der Waals surface area contributed by atoms with E-state index in [1.165, 1.54) is 11.9 Å². The molecule has 0 spiro atoms. The maximum atomic E-state index is 13.0. The second kappa shape index (κ2) is 12.4. The summed E-state index contributed by atoms with van der Waals surface area (Å²) in [5.41, 5.74) is 1.02. The maximum absolute atomic E-state index is 13.0. The van der Waals surface area contributed by atoms with E-state index < -0.39 is 26.4 Å². The summed E-state index contributed by atoms with van der Waals surface area (Å²) in [5.74, 6) is 0.0828. The normalized spacial score (nSPS) is 14.8. The number of methoxy groups -OCH3 is 1. The molecule has 1 aromatic carbocycles. The van der Waals surface area contributed by atoms with E-state index in [1.807, 2.05) is 31.2 Å². The van der Waals surface area contributed by atoms with Crippen molar-refractivity contribution >= 4 is 20.3 Å². The average Bonchev–Trinajstić information content (AvgIpc) is 2.72. The molecule has 0 saturated heterocycles. The summed E-state index contributed by atoms with van der Waals surface area (Å²) in [6.45, 7) is 15.1. The Morgan fingerprint density at radius 3 is 2.21 bits per heavy atom. The lowest BCUT2D eigenvalue weighted by atomic mass is 10.0. The average molecular weight is 483 g/mol. The molecule has 9 heteroatoms. The van der Waals surface area contributed by atoms with E-state index in [1.54, 1.807) is 14.0 Å². The van der Waals surface area contributed by atoms with Gasteiger partial charge in [-0.05, 0) is 42.8 Å². The number of rotatable bonds is 12. The van der Waals surface area contributed by atoms with E-state index in [0.717, 1.165) is 11.3 Å². The standard InChI is InChI=1S/C24H42N2O6Si/c1-17(15-31-16-19-10-12-20(30-7)13-11-19)25-22(27)18(2)21(14-26(6)23(28)29)32-33(8,9)24(3,4)5/h10-13,17-18,21H,14-16H2,1-9H3,(H,25,27)(H,28,29). The Hall–Kier alpha value is -2.10. The zero-order valence-electron chi connectivity index (χ0n) is 21.6. The first-order valence-corrected chi connectivity index (χ1v) is 14.2. The van der Waals surface area contributed by atoms with Crippen LogP contribution < -0.4 is 10.1 Å². The van der Waals surface area contributed by atoms with Crippen molar-refractivity contribution in [3.63, 3.8) is 0 Å². The highest BCUT2D eigenvalue weighted by Crippen LogP contribution is 2.38. The number of hydrogen-bond acceptors (Lipinski definition) is 5. The fraction of sp³-hybridized carbons (Fsp3) is 0.667. The summed E-state index contributed by atoms with van der Waals surface area (Å²) in [4.78, 5) is 25.5. The summed E-state index contributed by atoms with van der Waals surface area (Å²) in [5, 5.41) is 12.2. The van der Waals surface area contributed by atoms with Gasteiger partial charge in [0.15, 0.2) is 8.32 Å². The van der Waals surface area contributed by atoms with Crippen molar-refractivity contribution in [2.75, 3.05) is 27.3 Å². The fourth-order valence-corrected chi connectivity index (χ4v) is 4.25. The van der Waals surface area contributed by atoms with Crippen molar-refractivity contribution in [1.29, 1.82) is 0 Å². The van der Waals surface area contributed by atoms with Crippen LogP contribution in [0.15, 0.2) is 24.3 Å². The van der Waals surface area contributed by atoms with Gasteiger partial charge < -0.3 is 29.2 Å². The third kappa shape index (κ3) is 9.35. The topological polar surface area (TPSA) is 97.3 Å². The number of carbonyl (C=O) groups excluding carboxylic acids is 1. The minimum Gasteiger partial charge on any atom is -0.497 e. The lowest BCUT2D eigenvalue weighted by Crippen LogP contribution is -2.52. The monoisotopic (exact) mass is 482 g/mol. The molecule has 188 valence electrons. The first kappa shape index (κ1) is 28.9. The van der Waals surface area contributed by atoms with Crippen LogP contribution in [0, 0.1) is 5.92 Å². The zero-order chi connectivity index (χ0) is 25.4. The highest BCUT2D eigenvalue weighted by atomic mass is 28.4. The molecule has 0 aliphatic rings.